The minimum atomic E-state index is -1.11. The van der Waals surface area contributed by atoms with Gasteiger partial charge in [0.2, 0.25) is 17.7 Å². The Bertz CT molecular complexity index is 466. The molecule has 1 aliphatic heterocycles. The van der Waals surface area contributed by atoms with Crippen molar-refractivity contribution in [2.75, 3.05) is 19.6 Å². The van der Waals surface area contributed by atoms with Gasteiger partial charge < -0.3 is 4.90 Å². The third-order valence-corrected chi connectivity index (χ3v) is 4.17. The number of carbonyl (C=O) groups excluding carboxylic acids is 4. The summed E-state index contributed by atoms with van der Waals surface area (Å²) >= 11 is 0. The van der Waals surface area contributed by atoms with Crippen molar-refractivity contribution in [2.45, 2.75) is 33.1 Å². The molecule has 0 atom stereocenters. The van der Waals surface area contributed by atoms with Crippen molar-refractivity contribution in [3.05, 3.63) is 0 Å². The number of barbiturate groups is 1. The highest BCUT2D eigenvalue weighted by molar-refractivity contribution is 6.20. The SMILES string of the molecule is CCN(CC)C(=O)CN1C(=O)NC(=O)C2(CCC2)C1=O. The number of imide groups is 2. The van der Waals surface area contributed by atoms with Crippen molar-refractivity contribution in [1.82, 2.24) is 15.1 Å². The molecule has 2 rings (SSSR count). The Morgan fingerprint density at radius 1 is 1.25 bits per heavy atom. The van der Waals surface area contributed by atoms with E-state index in [1.54, 1.807) is 4.90 Å². The fourth-order valence-electron chi connectivity index (χ4n) is 2.66. The van der Waals surface area contributed by atoms with Crippen LogP contribution >= 0.6 is 0 Å². The van der Waals surface area contributed by atoms with Gasteiger partial charge in [-0.25, -0.2) is 4.79 Å². The van der Waals surface area contributed by atoms with Crippen molar-refractivity contribution >= 4 is 23.8 Å². The van der Waals surface area contributed by atoms with Crippen LogP contribution in [0.25, 0.3) is 0 Å². The van der Waals surface area contributed by atoms with Gasteiger partial charge in [-0.15, -0.1) is 0 Å². The number of amides is 5. The van der Waals surface area contributed by atoms with E-state index in [0.29, 0.717) is 25.9 Å². The van der Waals surface area contributed by atoms with E-state index in [1.165, 1.54) is 0 Å². The standard InChI is InChI=1S/C13H19N3O4/c1-3-15(4-2)9(17)8-16-11(19)13(6-5-7-13)10(18)14-12(16)20/h3-8H2,1-2H3,(H,14,18,20). The monoisotopic (exact) mass is 281 g/mol. The summed E-state index contributed by atoms with van der Waals surface area (Å²) in [5, 5.41) is 2.19. The van der Waals surface area contributed by atoms with Gasteiger partial charge >= 0.3 is 6.03 Å². The maximum absolute atomic E-state index is 12.4. The number of nitrogens with zero attached hydrogens (tertiary/aromatic N) is 2. The lowest BCUT2D eigenvalue weighted by molar-refractivity contribution is -0.159. The highest BCUT2D eigenvalue weighted by Crippen LogP contribution is 2.44. The summed E-state index contributed by atoms with van der Waals surface area (Å²) in [4.78, 5) is 50.4. The van der Waals surface area contributed by atoms with Crippen LogP contribution in [0, 0.1) is 5.41 Å². The zero-order valence-electron chi connectivity index (χ0n) is 11.8. The van der Waals surface area contributed by atoms with Gasteiger partial charge in [-0.05, 0) is 26.7 Å². The summed E-state index contributed by atoms with van der Waals surface area (Å²) in [5.74, 6) is -1.34. The second-order valence-electron chi connectivity index (χ2n) is 5.15. The van der Waals surface area contributed by atoms with Gasteiger partial charge in [-0.3, -0.25) is 24.6 Å². The lowest BCUT2D eigenvalue weighted by Crippen LogP contribution is -2.67. The van der Waals surface area contributed by atoms with Gasteiger partial charge in [-0.2, -0.15) is 0 Å². The molecular formula is C13H19N3O4. The van der Waals surface area contributed by atoms with Gasteiger partial charge in [0, 0.05) is 13.1 Å². The van der Waals surface area contributed by atoms with Gasteiger partial charge in [-0.1, -0.05) is 6.42 Å². The first-order chi connectivity index (χ1) is 9.46. The van der Waals surface area contributed by atoms with E-state index >= 15 is 0 Å². The highest BCUT2D eigenvalue weighted by Gasteiger charge is 2.57. The van der Waals surface area contributed by atoms with Gasteiger partial charge in [0.05, 0.1) is 0 Å². The molecule has 20 heavy (non-hydrogen) atoms. The van der Waals surface area contributed by atoms with Gasteiger partial charge in [0.25, 0.3) is 0 Å². The molecule has 2 fully saturated rings. The molecule has 0 aromatic rings. The number of hydrogen-bond donors (Lipinski definition) is 1. The molecule has 1 heterocycles. The normalized spacial score (nSPS) is 20.7. The minimum Gasteiger partial charge on any atom is -0.342 e. The Morgan fingerprint density at radius 3 is 2.30 bits per heavy atom. The molecule has 5 amide bonds. The summed E-state index contributed by atoms with van der Waals surface area (Å²) in [5.41, 5.74) is -1.11. The zero-order valence-corrected chi connectivity index (χ0v) is 11.8. The molecule has 0 unspecified atom stereocenters. The minimum absolute atomic E-state index is 0.290. The van der Waals surface area contributed by atoms with Crippen molar-refractivity contribution < 1.29 is 19.2 Å². The molecule has 0 radical (unpaired) electrons. The van der Waals surface area contributed by atoms with Gasteiger partial charge in [0.1, 0.15) is 12.0 Å². The van der Waals surface area contributed by atoms with E-state index < -0.39 is 23.3 Å². The molecule has 0 bridgehead atoms. The maximum Gasteiger partial charge on any atom is 0.331 e. The Kier molecular flexibility index (Phi) is 3.78. The number of nitrogens with one attached hydrogen (secondary N) is 1. The quantitative estimate of drug-likeness (QED) is 0.741. The maximum atomic E-state index is 12.4. The summed E-state index contributed by atoms with van der Waals surface area (Å²) in [7, 11) is 0. The van der Waals surface area contributed by atoms with E-state index in [9.17, 15) is 19.2 Å². The molecule has 1 aliphatic carbocycles. The lowest BCUT2D eigenvalue weighted by atomic mass is 9.66. The Morgan fingerprint density at radius 2 is 1.85 bits per heavy atom. The van der Waals surface area contributed by atoms with Gasteiger partial charge in [0.15, 0.2) is 0 Å². The summed E-state index contributed by atoms with van der Waals surface area (Å²) in [6.45, 7) is 4.39. The Hall–Kier alpha value is -1.92. The molecule has 1 N–H and O–H groups in total. The fourth-order valence-corrected chi connectivity index (χ4v) is 2.66. The van der Waals surface area contributed by atoms with Crippen LogP contribution in [0.1, 0.15) is 33.1 Å². The van der Waals surface area contributed by atoms with Crippen molar-refractivity contribution in [2.24, 2.45) is 5.41 Å². The first kappa shape index (κ1) is 14.5. The predicted octanol–water partition coefficient (Wildman–Crippen LogP) is 0.103. The number of rotatable bonds is 4. The molecular weight excluding hydrogens is 262 g/mol. The predicted molar refractivity (Wildman–Crippen MR) is 69.5 cm³/mol. The Balaban J connectivity index is 2.14. The lowest BCUT2D eigenvalue weighted by Gasteiger charge is -2.44. The third kappa shape index (κ3) is 2.07. The van der Waals surface area contributed by atoms with Crippen LogP contribution in [-0.4, -0.2) is 53.2 Å². The topological polar surface area (TPSA) is 86.8 Å². The average Bonchev–Trinajstić information content (AvgIpc) is 2.34. The molecule has 2 aliphatic rings. The summed E-state index contributed by atoms with van der Waals surface area (Å²) < 4.78 is 0. The third-order valence-electron chi connectivity index (χ3n) is 4.17. The highest BCUT2D eigenvalue weighted by atomic mass is 16.2. The first-order valence-electron chi connectivity index (χ1n) is 6.91. The van der Waals surface area contributed by atoms with E-state index in [2.05, 4.69) is 5.32 Å². The molecule has 7 heteroatoms. The summed E-state index contributed by atoms with van der Waals surface area (Å²) in [6.07, 6.45) is 1.67. The van der Waals surface area contributed by atoms with Crippen LogP contribution in [0.15, 0.2) is 0 Å². The van der Waals surface area contributed by atoms with Crippen LogP contribution in [0.3, 0.4) is 0 Å². The molecule has 1 saturated heterocycles. The molecule has 110 valence electrons. The van der Waals surface area contributed by atoms with Crippen LogP contribution in [-0.2, 0) is 14.4 Å². The first-order valence-corrected chi connectivity index (χ1v) is 6.91. The second-order valence-corrected chi connectivity index (χ2v) is 5.15. The van der Waals surface area contributed by atoms with Crippen molar-refractivity contribution in [3.63, 3.8) is 0 Å². The van der Waals surface area contributed by atoms with Crippen molar-refractivity contribution in [1.29, 1.82) is 0 Å². The van der Waals surface area contributed by atoms with Crippen LogP contribution in [0.2, 0.25) is 0 Å². The van der Waals surface area contributed by atoms with E-state index in [0.717, 1.165) is 11.3 Å². The number of carbonyl (C=O) groups is 4. The zero-order chi connectivity index (χ0) is 14.9. The Labute approximate surface area is 117 Å². The van der Waals surface area contributed by atoms with E-state index in [-0.39, 0.29) is 12.5 Å². The van der Waals surface area contributed by atoms with E-state index in [4.69, 9.17) is 0 Å². The van der Waals surface area contributed by atoms with E-state index in [1.807, 2.05) is 13.8 Å². The molecule has 7 nitrogen and oxygen atoms in total. The fraction of sp³-hybridized carbons (Fsp3) is 0.692. The smallest absolute Gasteiger partial charge is 0.331 e. The number of hydrogen-bond acceptors (Lipinski definition) is 4. The van der Waals surface area contributed by atoms with Crippen molar-refractivity contribution in [3.8, 4) is 0 Å². The summed E-state index contributed by atoms with van der Waals surface area (Å²) in [6, 6.07) is -0.793. The average molecular weight is 281 g/mol. The molecule has 1 saturated carbocycles. The largest absolute Gasteiger partial charge is 0.342 e. The number of urea groups is 1. The number of likely N-dealkylation sites (N-methyl/N-ethyl adjacent to an activating group) is 1. The van der Waals surface area contributed by atoms with Crippen LogP contribution in [0.4, 0.5) is 4.79 Å². The second kappa shape index (κ2) is 5.22. The molecule has 0 aromatic carbocycles. The van der Waals surface area contributed by atoms with Crippen LogP contribution in [0.5, 0.6) is 0 Å². The molecule has 1 spiro atoms. The molecule has 0 aromatic heterocycles. The van der Waals surface area contributed by atoms with Crippen LogP contribution < -0.4 is 5.32 Å².